The number of aryl methyl sites for hydroxylation is 1. The van der Waals surface area contributed by atoms with E-state index in [-0.39, 0.29) is 22.9 Å². The molecule has 0 atom stereocenters. The van der Waals surface area contributed by atoms with Crippen molar-refractivity contribution in [2.24, 2.45) is 5.92 Å². The van der Waals surface area contributed by atoms with Gasteiger partial charge in [0.2, 0.25) is 0 Å². The Morgan fingerprint density at radius 2 is 1.91 bits per heavy atom. The zero-order valence-corrected chi connectivity index (χ0v) is 18.4. The van der Waals surface area contributed by atoms with Gasteiger partial charge in [0.25, 0.3) is 5.91 Å². The number of fused-ring (bicyclic) bond motifs is 1. The number of hydrogen-bond acceptors (Lipinski definition) is 5. The van der Waals surface area contributed by atoms with Crippen molar-refractivity contribution in [3.63, 3.8) is 0 Å². The Balaban J connectivity index is 1.67. The van der Waals surface area contributed by atoms with Crippen molar-refractivity contribution >= 4 is 22.6 Å². The van der Waals surface area contributed by atoms with Gasteiger partial charge in [-0.3, -0.25) is 19.6 Å². The van der Waals surface area contributed by atoms with Crippen LogP contribution in [0, 0.1) is 11.7 Å². The number of Topliss-reactive ketones (excluding diaryl/α,β-unsaturated/α-hetero) is 1. The number of amides is 1. The molecule has 7 heteroatoms. The van der Waals surface area contributed by atoms with Crippen molar-refractivity contribution in [3.05, 3.63) is 53.4 Å². The van der Waals surface area contributed by atoms with E-state index in [9.17, 15) is 14.0 Å². The Labute approximate surface area is 186 Å². The molecule has 1 amide bonds. The average Bonchev–Trinajstić information content (AvgIpc) is 3.62. The van der Waals surface area contributed by atoms with E-state index in [1.165, 1.54) is 18.5 Å². The summed E-state index contributed by atoms with van der Waals surface area (Å²) in [6.07, 6.45) is 9.60. The molecule has 0 bridgehead atoms. The minimum atomic E-state index is -0.474. The molecule has 6 nitrogen and oxygen atoms in total. The van der Waals surface area contributed by atoms with E-state index in [2.05, 4.69) is 20.3 Å². The first-order valence-electron chi connectivity index (χ1n) is 11.3. The van der Waals surface area contributed by atoms with Crippen molar-refractivity contribution in [1.82, 2.24) is 20.3 Å². The number of aromatic nitrogens is 3. The third-order valence-corrected chi connectivity index (χ3v) is 5.87. The molecule has 0 spiro atoms. The molecular formula is C25H27FN4O2. The van der Waals surface area contributed by atoms with Gasteiger partial charge in [-0.25, -0.2) is 9.37 Å². The summed E-state index contributed by atoms with van der Waals surface area (Å²) >= 11 is 0. The monoisotopic (exact) mass is 434 g/mol. The number of hydrogen-bond donors (Lipinski definition) is 1. The number of nitrogens with zero attached hydrogens (tertiary/aromatic N) is 3. The standard InChI is InChI=1S/C25H27FN4O2/c1-3-5-8-27-25(32)23-14-29-22(13-30-23)18-10-17-16(4-2)19(24(31)9-15-6-7-15)12-28-21(17)11-20(18)26/h10-15H,3-9H2,1-2H3,(H,27,32). The third kappa shape index (κ3) is 4.66. The molecule has 4 rings (SSSR count). The smallest absolute Gasteiger partial charge is 0.271 e. The van der Waals surface area contributed by atoms with E-state index in [4.69, 9.17) is 0 Å². The van der Waals surface area contributed by atoms with Crippen LogP contribution in [0.2, 0.25) is 0 Å². The summed E-state index contributed by atoms with van der Waals surface area (Å²) in [5.41, 5.74) is 2.79. The molecule has 1 N–H and O–H groups in total. The van der Waals surface area contributed by atoms with Gasteiger partial charge in [0.05, 0.1) is 23.6 Å². The fourth-order valence-corrected chi connectivity index (χ4v) is 3.83. The number of carbonyl (C=O) groups is 2. The maximum absolute atomic E-state index is 14.9. The fraction of sp³-hybridized carbons (Fsp3) is 0.400. The van der Waals surface area contributed by atoms with E-state index in [0.29, 0.717) is 42.1 Å². The van der Waals surface area contributed by atoms with Crippen molar-refractivity contribution < 1.29 is 14.0 Å². The summed E-state index contributed by atoms with van der Waals surface area (Å²) in [5.74, 6) is -0.186. The topological polar surface area (TPSA) is 84.8 Å². The van der Waals surface area contributed by atoms with Gasteiger partial charge in [-0.05, 0) is 43.2 Å². The first-order valence-corrected chi connectivity index (χ1v) is 11.3. The molecule has 0 aliphatic heterocycles. The minimum Gasteiger partial charge on any atom is -0.351 e. The molecule has 0 saturated heterocycles. The Bertz CT molecular complexity index is 1160. The van der Waals surface area contributed by atoms with Crippen LogP contribution in [0.25, 0.3) is 22.2 Å². The molecule has 1 aromatic carbocycles. The van der Waals surface area contributed by atoms with Crippen LogP contribution >= 0.6 is 0 Å². The number of pyridine rings is 1. The second-order valence-electron chi connectivity index (χ2n) is 8.32. The maximum atomic E-state index is 14.9. The van der Waals surface area contributed by atoms with Crippen LogP contribution in [-0.2, 0) is 6.42 Å². The van der Waals surface area contributed by atoms with Crippen LogP contribution < -0.4 is 5.32 Å². The highest BCUT2D eigenvalue weighted by atomic mass is 19.1. The van der Waals surface area contributed by atoms with E-state index < -0.39 is 5.82 Å². The SMILES string of the molecule is CCCCNC(=O)c1cnc(-c2cc3c(CC)c(C(=O)CC4CC4)cnc3cc2F)cn1. The fourth-order valence-electron chi connectivity index (χ4n) is 3.83. The highest BCUT2D eigenvalue weighted by Crippen LogP contribution is 2.35. The predicted molar refractivity (Wildman–Crippen MR) is 121 cm³/mol. The van der Waals surface area contributed by atoms with Gasteiger partial charge in [-0.15, -0.1) is 0 Å². The van der Waals surface area contributed by atoms with Gasteiger partial charge >= 0.3 is 0 Å². The van der Waals surface area contributed by atoms with Gasteiger partial charge in [-0.2, -0.15) is 0 Å². The first kappa shape index (κ1) is 22.0. The number of ketones is 1. The van der Waals surface area contributed by atoms with Crippen LogP contribution in [0.1, 0.15) is 72.4 Å². The van der Waals surface area contributed by atoms with Crippen molar-refractivity contribution in [1.29, 1.82) is 0 Å². The summed E-state index contributed by atoms with van der Waals surface area (Å²) in [5, 5.41) is 3.53. The van der Waals surface area contributed by atoms with Crippen molar-refractivity contribution in [2.45, 2.75) is 52.4 Å². The highest BCUT2D eigenvalue weighted by molar-refractivity contribution is 6.02. The maximum Gasteiger partial charge on any atom is 0.271 e. The lowest BCUT2D eigenvalue weighted by Crippen LogP contribution is -2.25. The first-order chi connectivity index (χ1) is 15.5. The summed E-state index contributed by atoms with van der Waals surface area (Å²) in [4.78, 5) is 37.7. The molecule has 2 aromatic heterocycles. The van der Waals surface area contributed by atoms with Gasteiger partial charge < -0.3 is 5.32 Å². The van der Waals surface area contributed by atoms with Crippen LogP contribution in [0.4, 0.5) is 4.39 Å². The lowest BCUT2D eigenvalue weighted by molar-refractivity contribution is 0.0945. The van der Waals surface area contributed by atoms with Gasteiger partial charge in [0, 0.05) is 41.7 Å². The number of unbranched alkanes of at least 4 members (excludes halogenated alkanes) is 1. The Morgan fingerprint density at radius 1 is 1.09 bits per heavy atom. The molecule has 1 aliphatic carbocycles. The predicted octanol–water partition coefficient (Wildman–Crippen LogP) is 4.91. The Morgan fingerprint density at radius 3 is 2.56 bits per heavy atom. The van der Waals surface area contributed by atoms with E-state index in [1.54, 1.807) is 12.3 Å². The van der Waals surface area contributed by atoms with Crippen LogP contribution in [0.15, 0.2) is 30.7 Å². The lowest BCUT2D eigenvalue weighted by Gasteiger charge is -2.12. The second-order valence-corrected chi connectivity index (χ2v) is 8.32. The van der Waals surface area contributed by atoms with E-state index >= 15 is 0 Å². The third-order valence-electron chi connectivity index (χ3n) is 5.87. The number of carbonyl (C=O) groups excluding carboxylic acids is 2. The van der Waals surface area contributed by atoms with E-state index in [0.717, 1.165) is 36.6 Å². The van der Waals surface area contributed by atoms with Gasteiger partial charge in [0.1, 0.15) is 11.5 Å². The van der Waals surface area contributed by atoms with Gasteiger partial charge in [-0.1, -0.05) is 20.3 Å². The summed E-state index contributed by atoms with van der Waals surface area (Å²) in [6.45, 7) is 4.61. The van der Waals surface area contributed by atoms with Crippen LogP contribution in [0.5, 0.6) is 0 Å². The molecule has 166 valence electrons. The number of benzene rings is 1. The molecule has 32 heavy (non-hydrogen) atoms. The zero-order chi connectivity index (χ0) is 22.7. The lowest BCUT2D eigenvalue weighted by atomic mass is 9.95. The molecule has 2 heterocycles. The van der Waals surface area contributed by atoms with Crippen molar-refractivity contribution in [3.8, 4) is 11.3 Å². The quantitative estimate of drug-likeness (QED) is 0.382. The molecule has 3 aromatic rings. The molecule has 0 unspecified atom stereocenters. The number of nitrogens with one attached hydrogen (secondary N) is 1. The summed E-state index contributed by atoms with van der Waals surface area (Å²) in [7, 11) is 0. The zero-order valence-electron chi connectivity index (χ0n) is 18.4. The van der Waals surface area contributed by atoms with Gasteiger partial charge in [0.15, 0.2) is 5.78 Å². The summed E-state index contributed by atoms with van der Waals surface area (Å²) < 4.78 is 14.9. The van der Waals surface area contributed by atoms with Crippen LogP contribution in [-0.4, -0.2) is 33.2 Å². The number of rotatable bonds is 9. The molecule has 1 saturated carbocycles. The molecule has 0 radical (unpaired) electrons. The Hall–Kier alpha value is -3.22. The molecular weight excluding hydrogens is 407 g/mol. The largest absolute Gasteiger partial charge is 0.351 e. The molecule has 1 fully saturated rings. The summed E-state index contributed by atoms with van der Waals surface area (Å²) in [6, 6.07) is 3.06. The highest BCUT2D eigenvalue weighted by Gasteiger charge is 2.26. The van der Waals surface area contributed by atoms with Crippen LogP contribution in [0.3, 0.4) is 0 Å². The van der Waals surface area contributed by atoms with E-state index in [1.807, 2.05) is 13.8 Å². The molecule has 1 aliphatic rings. The minimum absolute atomic E-state index is 0.0999. The Kier molecular flexibility index (Phi) is 6.53. The normalized spacial score (nSPS) is 13.3. The average molecular weight is 435 g/mol. The number of halogens is 1. The van der Waals surface area contributed by atoms with Crippen molar-refractivity contribution in [2.75, 3.05) is 6.54 Å². The second kappa shape index (κ2) is 9.51.